The second-order valence-electron chi connectivity index (χ2n) is 15.5. The number of ether oxygens (including phenoxy) is 5. The minimum atomic E-state index is -1.44. The quantitative estimate of drug-likeness (QED) is 0.0296. The fourth-order valence-electron chi connectivity index (χ4n) is 6.30. The summed E-state index contributed by atoms with van der Waals surface area (Å²) in [5.74, 6) is -2.46. The lowest BCUT2D eigenvalue weighted by molar-refractivity contribution is -0.162. The van der Waals surface area contributed by atoms with Gasteiger partial charge in [-0.15, -0.1) is 0 Å². The predicted molar refractivity (Wildman–Crippen MR) is 233 cm³/mol. The van der Waals surface area contributed by atoms with E-state index in [4.69, 9.17) is 34.2 Å². The molecule has 0 N–H and O–H groups in total. The summed E-state index contributed by atoms with van der Waals surface area (Å²) in [4.78, 5) is 49.2. The highest BCUT2D eigenvalue weighted by atomic mass is 16.6. The maximum atomic E-state index is 12.5. The Morgan fingerprint density at radius 2 is 1.07 bits per heavy atom. The van der Waals surface area contributed by atoms with E-state index in [2.05, 4.69) is 68.6 Å². The lowest BCUT2D eigenvalue weighted by atomic mass is 9.91. The van der Waals surface area contributed by atoms with Crippen LogP contribution in [0, 0.1) is 28.1 Å². The Balaban J connectivity index is 1.82. The molecule has 0 saturated heterocycles. The Hall–Kier alpha value is -6.20. The molecule has 3 aromatic carbocycles. The number of benzene rings is 3. The summed E-state index contributed by atoms with van der Waals surface area (Å²) in [7, 11) is 0. The summed E-state index contributed by atoms with van der Waals surface area (Å²) < 4.78 is 27.9. The number of nitriles is 2. The van der Waals surface area contributed by atoms with Crippen molar-refractivity contribution in [1.29, 1.82) is 10.5 Å². The molecule has 0 fully saturated rings. The van der Waals surface area contributed by atoms with Gasteiger partial charge in [-0.3, -0.25) is 9.59 Å². The Labute approximate surface area is 361 Å². The first-order chi connectivity index (χ1) is 29.4. The molecule has 0 radical (unpaired) electrons. The zero-order valence-corrected chi connectivity index (χ0v) is 36.1. The molecule has 0 unspecified atom stereocenters. The molecular formula is C50H60N2O9. The van der Waals surface area contributed by atoms with Gasteiger partial charge in [-0.1, -0.05) is 107 Å². The summed E-state index contributed by atoms with van der Waals surface area (Å²) in [6.45, 7) is 11.1. The lowest BCUT2D eigenvalue weighted by Crippen LogP contribution is -2.44. The molecule has 3 rings (SSSR count). The smallest absolute Gasteiger partial charge is 0.333 e. The molecule has 0 aliphatic carbocycles. The van der Waals surface area contributed by atoms with E-state index in [1.54, 1.807) is 25.1 Å². The van der Waals surface area contributed by atoms with Gasteiger partial charge < -0.3 is 23.7 Å². The van der Waals surface area contributed by atoms with E-state index in [-0.39, 0.29) is 18.8 Å². The fourth-order valence-corrected chi connectivity index (χ4v) is 6.30. The third kappa shape index (κ3) is 18.3. The largest absolute Gasteiger partial charge is 0.492 e. The van der Waals surface area contributed by atoms with Crippen molar-refractivity contribution in [2.45, 2.75) is 104 Å². The summed E-state index contributed by atoms with van der Waals surface area (Å²) in [5.41, 5.74) is 5.55. The minimum absolute atomic E-state index is 0.111. The van der Waals surface area contributed by atoms with Gasteiger partial charge in [0.15, 0.2) is 0 Å². The van der Waals surface area contributed by atoms with Crippen LogP contribution < -0.4 is 4.74 Å². The van der Waals surface area contributed by atoms with Crippen LogP contribution in [0.15, 0.2) is 91.0 Å². The second kappa shape index (κ2) is 26.8. The molecule has 0 amide bonds. The zero-order valence-electron chi connectivity index (χ0n) is 36.1. The van der Waals surface area contributed by atoms with Crippen molar-refractivity contribution < 1.29 is 42.9 Å². The lowest BCUT2D eigenvalue weighted by Gasteiger charge is -2.32. The van der Waals surface area contributed by atoms with E-state index in [1.165, 1.54) is 62.1 Å². The van der Waals surface area contributed by atoms with Crippen LogP contribution >= 0.6 is 0 Å². The van der Waals surface area contributed by atoms with Gasteiger partial charge in [-0.2, -0.15) is 10.5 Å². The van der Waals surface area contributed by atoms with Gasteiger partial charge in [-0.25, -0.2) is 9.59 Å². The first-order valence-corrected chi connectivity index (χ1v) is 21.0. The Bertz CT molecular complexity index is 1970. The predicted octanol–water partition coefficient (Wildman–Crippen LogP) is 9.49. The van der Waals surface area contributed by atoms with Gasteiger partial charge in [0.05, 0.1) is 18.7 Å². The van der Waals surface area contributed by atoms with Gasteiger partial charge in [0.2, 0.25) is 0 Å². The normalized spacial score (nSPS) is 10.8. The Kier molecular flexibility index (Phi) is 21.6. The van der Waals surface area contributed by atoms with Crippen molar-refractivity contribution in [2.75, 3.05) is 33.0 Å². The topological polar surface area (TPSA) is 162 Å². The van der Waals surface area contributed by atoms with E-state index in [0.29, 0.717) is 24.2 Å². The first-order valence-electron chi connectivity index (χ1n) is 21.0. The second-order valence-corrected chi connectivity index (χ2v) is 15.5. The number of carbonyl (C=O) groups is 4. The number of rotatable bonds is 28. The number of aryl methyl sites for hydroxylation is 4. The summed E-state index contributed by atoms with van der Waals surface area (Å²) in [6, 6.07) is 26.6. The number of hydrogen-bond acceptors (Lipinski definition) is 11. The highest BCUT2D eigenvalue weighted by Gasteiger charge is 2.38. The first kappa shape index (κ1) is 49.2. The molecule has 61 heavy (non-hydrogen) atoms. The average molecular weight is 833 g/mol. The average Bonchev–Trinajstić information content (AvgIpc) is 3.25. The van der Waals surface area contributed by atoms with Crippen LogP contribution in [0.2, 0.25) is 0 Å². The monoisotopic (exact) mass is 832 g/mol. The van der Waals surface area contributed by atoms with Crippen molar-refractivity contribution in [3.8, 4) is 29.0 Å². The molecule has 0 spiro atoms. The van der Waals surface area contributed by atoms with E-state index < -0.39 is 62.0 Å². The zero-order chi connectivity index (χ0) is 44.5. The van der Waals surface area contributed by atoms with Crippen LogP contribution in [0.1, 0.15) is 101 Å². The molecule has 0 saturated carbocycles. The third-order valence-electron chi connectivity index (χ3n) is 9.98. The van der Waals surface area contributed by atoms with Crippen LogP contribution in [0.25, 0.3) is 11.1 Å². The van der Waals surface area contributed by atoms with E-state index in [0.717, 1.165) is 36.0 Å². The Morgan fingerprint density at radius 1 is 0.574 bits per heavy atom. The summed E-state index contributed by atoms with van der Waals surface area (Å²) >= 11 is 0. The van der Waals surface area contributed by atoms with Crippen molar-refractivity contribution in [1.82, 2.24) is 0 Å². The van der Waals surface area contributed by atoms with E-state index >= 15 is 0 Å². The maximum Gasteiger partial charge on any atom is 0.333 e. The summed E-state index contributed by atoms with van der Waals surface area (Å²) in [6.07, 6.45) is 10.6. The van der Waals surface area contributed by atoms with Gasteiger partial charge in [0.25, 0.3) is 0 Å². The van der Waals surface area contributed by atoms with Crippen LogP contribution in [0.3, 0.4) is 0 Å². The molecule has 324 valence electrons. The number of carbonyl (C=O) groups excluding carboxylic acids is 4. The van der Waals surface area contributed by atoms with Gasteiger partial charge >= 0.3 is 23.9 Å². The Morgan fingerprint density at radius 3 is 1.62 bits per heavy atom. The van der Waals surface area contributed by atoms with Crippen LogP contribution in [0.5, 0.6) is 5.75 Å². The van der Waals surface area contributed by atoms with Crippen LogP contribution in [0.4, 0.5) is 0 Å². The fraction of sp³-hybridized carbons (Fsp3) is 0.440. The molecule has 0 aliphatic heterocycles. The van der Waals surface area contributed by atoms with Gasteiger partial charge in [0.1, 0.15) is 50.4 Å². The van der Waals surface area contributed by atoms with Crippen molar-refractivity contribution in [2.24, 2.45) is 5.41 Å². The number of esters is 4. The SMILES string of the molecule is C=C(C)C(=O)OCCCc1cc(-c2ccc(CCc3ccc(CCCCCCCC)cc3)cc2)ccc1OCC(COC(=O)CC#N)(COC(=O)CC#N)COC(=O)C(=C)C. The van der Waals surface area contributed by atoms with Gasteiger partial charge in [-0.05, 0) is 97.9 Å². The molecular weight excluding hydrogens is 773 g/mol. The maximum absolute atomic E-state index is 12.5. The molecule has 0 atom stereocenters. The van der Waals surface area contributed by atoms with Gasteiger partial charge in [0, 0.05) is 11.1 Å². The number of unbranched alkanes of at least 4 members (excludes halogenated alkanes) is 5. The highest BCUT2D eigenvalue weighted by molar-refractivity contribution is 5.87. The third-order valence-corrected chi connectivity index (χ3v) is 9.98. The molecule has 0 aromatic heterocycles. The molecule has 11 heteroatoms. The number of hydrogen-bond donors (Lipinski definition) is 0. The molecule has 0 heterocycles. The number of nitrogens with zero attached hydrogens (tertiary/aromatic N) is 2. The van der Waals surface area contributed by atoms with Crippen molar-refractivity contribution in [3.05, 3.63) is 113 Å². The molecule has 11 nitrogen and oxygen atoms in total. The van der Waals surface area contributed by atoms with Crippen LogP contribution in [-0.2, 0) is 63.8 Å². The molecule has 0 bridgehead atoms. The molecule has 0 aliphatic rings. The van der Waals surface area contributed by atoms with Crippen molar-refractivity contribution in [3.63, 3.8) is 0 Å². The van der Waals surface area contributed by atoms with E-state index in [1.807, 2.05) is 12.1 Å². The van der Waals surface area contributed by atoms with Crippen molar-refractivity contribution >= 4 is 23.9 Å². The molecule has 3 aromatic rings. The highest BCUT2D eigenvalue weighted by Crippen LogP contribution is 2.31. The van der Waals surface area contributed by atoms with E-state index in [9.17, 15) is 19.2 Å². The standard InChI is InChI=1S/C50H60N2O9/c1-6-7-8-9-10-11-13-39-15-17-40(18-16-39)19-20-41-21-23-42(24-22-41)43-25-26-45(44(32-43)14-12-31-57-48(55)37(2)3)58-33-50(34-59-46(53)27-29-51,35-60-47(54)28-30-52)36-61-49(56)38(4)5/h15-18,21-26,32H,2,4,6-14,19-20,27-28,31,33-36H2,1,3,5H3. The summed E-state index contributed by atoms with van der Waals surface area (Å²) in [5, 5.41) is 18.0. The van der Waals surface area contributed by atoms with Crippen LogP contribution in [-0.4, -0.2) is 56.9 Å². The minimum Gasteiger partial charge on any atom is -0.492 e.